The van der Waals surface area contributed by atoms with Crippen molar-refractivity contribution in [3.63, 3.8) is 0 Å². The second-order valence-electron chi connectivity index (χ2n) is 6.44. The van der Waals surface area contributed by atoms with Crippen LogP contribution in [0, 0.1) is 26.2 Å². The molecule has 4 aromatic rings. The average molecular weight is 687 g/mol. The second-order valence-corrected chi connectivity index (χ2v) is 9.43. The minimum atomic E-state index is 0.639. The van der Waals surface area contributed by atoms with Gasteiger partial charge in [0.1, 0.15) is 6.07 Å². The first-order valence-corrected chi connectivity index (χ1v) is 12.4. The molecule has 1 N–H and O–H groups in total. The SMILES string of the molecule is N#Cc1cc(Br)ccc1-c1ccccc1.N#Cc1cc(Br)ccc1I.O[B]Oc1ccccc1. The number of hydrogen-bond acceptors (Lipinski definition) is 4. The Kier molecular flexibility index (Phi) is 12.4. The molecule has 0 aliphatic rings. The van der Waals surface area contributed by atoms with E-state index in [2.05, 4.69) is 71.2 Å². The minimum absolute atomic E-state index is 0.639. The maximum Gasteiger partial charge on any atom is 0.569 e. The lowest BCUT2D eigenvalue weighted by Crippen LogP contribution is -1.98. The van der Waals surface area contributed by atoms with Crippen molar-refractivity contribution in [2.24, 2.45) is 0 Å². The summed E-state index contributed by atoms with van der Waals surface area (Å²) in [4.78, 5) is 0. The monoisotopic (exact) mass is 685 g/mol. The van der Waals surface area contributed by atoms with E-state index < -0.39 is 0 Å². The molecule has 0 unspecified atom stereocenters. The zero-order valence-electron chi connectivity index (χ0n) is 17.7. The molecule has 1 radical (unpaired) electrons. The molecule has 0 atom stereocenters. The maximum atomic E-state index is 9.03. The van der Waals surface area contributed by atoms with Crippen LogP contribution in [0.15, 0.2) is 106 Å². The van der Waals surface area contributed by atoms with Gasteiger partial charge in [-0.15, -0.1) is 0 Å². The molecule has 0 spiro atoms. The smallest absolute Gasteiger partial charge is 0.537 e. The molecule has 4 nitrogen and oxygen atoms in total. The molecular weight excluding hydrogens is 670 g/mol. The molecule has 8 heteroatoms. The van der Waals surface area contributed by atoms with Crippen LogP contribution in [0.25, 0.3) is 11.1 Å². The molecule has 0 saturated heterocycles. The zero-order valence-corrected chi connectivity index (χ0v) is 23.0. The van der Waals surface area contributed by atoms with Crippen LogP contribution in [0.5, 0.6) is 5.75 Å². The lowest BCUT2D eigenvalue weighted by molar-refractivity contribution is 0.454. The summed E-state index contributed by atoms with van der Waals surface area (Å²) < 4.78 is 7.50. The number of halogens is 3. The number of nitrogens with zero attached hydrogens (tertiary/aromatic N) is 2. The average Bonchev–Trinajstić information content (AvgIpc) is 2.87. The summed E-state index contributed by atoms with van der Waals surface area (Å²) in [6.07, 6.45) is 0. The highest BCUT2D eigenvalue weighted by Crippen LogP contribution is 2.25. The Morgan fingerprint density at radius 1 is 0.735 bits per heavy atom. The Bertz CT molecular complexity index is 1280. The van der Waals surface area contributed by atoms with Gasteiger partial charge in [0.2, 0.25) is 0 Å². The van der Waals surface area contributed by atoms with Gasteiger partial charge in [0.05, 0.1) is 22.9 Å². The van der Waals surface area contributed by atoms with Crippen LogP contribution < -0.4 is 4.65 Å². The van der Waals surface area contributed by atoms with Gasteiger partial charge in [-0.2, -0.15) is 10.5 Å². The lowest BCUT2D eigenvalue weighted by Gasteiger charge is -2.04. The van der Waals surface area contributed by atoms with Gasteiger partial charge >= 0.3 is 7.69 Å². The van der Waals surface area contributed by atoms with Gasteiger partial charge in [-0.1, -0.05) is 86.5 Å². The summed E-state index contributed by atoms with van der Waals surface area (Å²) >= 11 is 8.77. The highest BCUT2D eigenvalue weighted by atomic mass is 127. The topological polar surface area (TPSA) is 77.0 Å². The Balaban J connectivity index is 0.000000189. The molecule has 0 aromatic heterocycles. The fourth-order valence-corrected chi connectivity index (χ4v) is 3.80. The quantitative estimate of drug-likeness (QED) is 0.179. The zero-order chi connectivity index (χ0) is 24.8. The van der Waals surface area contributed by atoms with E-state index in [0.29, 0.717) is 19.0 Å². The summed E-state index contributed by atoms with van der Waals surface area (Å²) in [7, 11) is 0.662. The normalized spacial score (nSPS) is 9.12. The van der Waals surface area contributed by atoms with Gasteiger partial charge in [0, 0.05) is 12.5 Å². The van der Waals surface area contributed by atoms with Crippen LogP contribution in [-0.4, -0.2) is 12.7 Å². The first kappa shape index (κ1) is 27.6. The summed E-state index contributed by atoms with van der Waals surface area (Å²) in [5.41, 5.74) is 3.45. The van der Waals surface area contributed by atoms with Crippen molar-refractivity contribution in [1.82, 2.24) is 0 Å². The molecule has 0 bridgehead atoms. The molecule has 167 valence electrons. The molecule has 0 fully saturated rings. The van der Waals surface area contributed by atoms with Crippen LogP contribution in [-0.2, 0) is 0 Å². The number of nitriles is 2. The Labute approximate surface area is 230 Å². The van der Waals surface area contributed by atoms with Gasteiger partial charge in [-0.25, -0.2) is 0 Å². The Hall–Kier alpha value is -2.63. The van der Waals surface area contributed by atoms with E-state index in [1.54, 1.807) is 12.1 Å². The third kappa shape index (κ3) is 9.32. The van der Waals surface area contributed by atoms with Crippen molar-refractivity contribution in [3.8, 4) is 29.0 Å². The molecule has 0 amide bonds. The fraction of sp³-hybridized carbons (Fsp3) is 0. The van der Waals surface area contributed by atoms with E-state index in [1.807, 2.05) is 84.9 Å². The lowest BCUT2D eigenvalue weighted by atomic mass is 10.0. The predicted octanol–water partition coefficient (Wildman–Crippen LogP) is 7.51. The molecule has 0 saturated carbocycles. The third-order valence-corrected chi connectivity index (χ3v) is 6.09. The number of para-hydroxylation sites is 1. The van der Waals surface area contributed by atoms with Crippen molar-refractivity contribution in [2.45, 2.75) is 0 Å². The minimum Gasteiger partial charge on any atom is -0.537 e. The standard InChI is InChI=1S/C13H8BrN.C7H3BrIN.C6H6BO2/c14-12-6-7-13(11(8-12)9-15)10-4-2-1-3-5-10;8-6-1-2-7(9)5(3-6)4-10;8-7-9-6-4-2-1-3-5-6/h1-8H;1-3H;1-5,8H. The van der Waals surface area contributed by atoms with Crippen LogP contribution in [0.2, 0.25) is 0 Å². The summed E-state index contributed by atoms with van der Waals surface area (Å²) in [5.74, 6) is 0.639. The molecule has 34 heavy (non-hydrogen) atoms. The fourth-order valence-electron chi connectivity index (χ4n) is 2.62. The van der Waals surface area contributed by atoms with E-state index >= 15 is 0 Å². The number of benzene rings is 4. The van der Waals surface area contributed by atoms with Gasteiger partial charge in [0.15, 0.2) is 0 Å². The van der Waals surface area contributed by atoms with Gasteiger partial charge in [-0.3, -0.25) is 0 Å². The maximum absolute atomic E-state index is 9.03. The van der Waals surface area contributed by atoms with Crippen LogP contribution >= 0.6 is 54.5 Å². The van der Waals surface area contributed by atoms with Crippen molar-refractivity contribution in [1.29, 1.82) is 10.5 Å². The summed E-state index contributed by atoms with van der Waals surface area (Å²) in [6, 6.07) is 34.6. The highest BCUT2D eigenvalue weighted by molar-refractivity contribution is 14.1. The third-order valence-electron chi connectivity index (χ3n) is 4.17. The molecule has 0 aliphatic carbocycles. The first-order chi connectivity index (χ1) is 16.5. The van der Waals surface area contributed by atoms with E-state index in [1.165, 1.54) is 0 Å². The van der Waals surface area contributed by atoms with Crippen LogP contribution in [0.1, 0.15) is 11.1 Å². The van der Waals surface area contributed by atoms with E-state index in [-0.39, 0.29) is 0 Å². The Morgan fingerprint density at radius 2 is 1.26 bits per heavy atom. The van der Waals surface area contributed by atoms with Gasteiger partial charge < -0.3 is 9.68 Å². The van der Waals surface area contributed by atoms with E-state index in [0.717, 1.165) is 29.2 Å². The molecule has 4 aromatic carbocycles. The number of hydrogen-bond donors (Lipinski definition) is 1. The number of rotatable bonds is 3. The van der Waals surface area contributed by atoms with E-state index in [4.69, 9.17) is 15.5 Å². The Morgan fingerprint density at radius 3 is 1.79 bits per heavy atom. The second kappa shape index (κ2) is 15.3. The van der Waals surface area contributed by atoms with Crippen LogP contribution in [0.4, 0.5) is 0 Å². The predicted molar refractivity (Wildman–Crippen MR) is 151 cm³/mol. The van der Waals surface area contributed by atoms with Crippen LogP contribution in [0.3, 0.4) is 0 Å². The molecular formula is C26H17BBr2IN2O2. The molecule has 0 aliphatic heterocycles. The van der Waals surface area contributed by atoms with Crippen molar-refractivity contribution in [2.75, 3.05) is 0 Å². The van der Waals surface area contributed by atoms with Gasteiger partial charge in [0.25, 0.3) is 0 Å². The largest absolute Gasteiger partial charge is 0.569 e. The molecule has 4 rings (SSSR count). The van der Waals surface area contributed by atoms with Crippen molar-refractivity contribution in [3.05, 3.63) is 121 Å². The van der Waals surface area contributed by atoms with Gasteiger partial charge in [-0.05, 0) is 76.2 Å². The molecule has 0 heterocycles. The van der Waals surface area contributed by atoms with E-state index in [9.17, 15) is 0 Å². The summed E-state index contributed by atoms with van der Waals surface area (Å²) in [5, 5.41) is 25.8. The first-order valence-electron chi connectivity index (χ1n) is 9.76. The highest BCUT2D eigenvalue weighted by Gasteiger charge is 2.04. The van der Waals surface area contributed by atoms with Crippen molar-refractivity contribution < 1.29 is 9.68 Å². The summed E-state index contributed by atoms with van der Waals surface area (Å²) in [6.45, 7) is 0. The van der Waals surface area contributed by atoms with Crippen molar-refractivity contribution >= 4 is 62.1 Å².